The van der Waals surface area contributed by atoms with Crippen LogP contribution in [0.1, 0.15) is 50.3 Å². The van der Waals surface area contributed by atoms with Crippen molar-refractivity contribution in [2.24, 2.45) is 18.1 Å². The zero-order chi connectivity index (χ0) is 26.4. The molecule has 8 nitrogen and oxygen atoms in total. The monoisotopic (exact) mass is 531 g/mol. The molecule has 1 aromatic heterocycles. The van der Waals surface area contributed by atoms with E-state index < -0.39 is 40.2 Å². The van der Waals surface area contributed by atoms with Gasteiger partial charge in [-0.15, -0.1) is 0 Å². The maximum Gasteiger partial charge on any atom is 0.431 e. The largest absolute Gasteiger partial charge is 0.466 e. The van der Waals surface area contributed by atoms with Crippen molar-refractivity contribution in [2.45, 2.75) is 50.8 Å². The number of alkyl halides is 3. The van der Waals surface area contributed by atoms with Gasteiger partial charge in [-0.2, -0.15) is 13.2 Å². The predicted molar refractivity (Wildman–Crippen MR) is 121 cm³/mol. The molecule has 0 radical (unpaired) electrons. The molecular formula is C23H22ClF4N3O5. The summed E-state index contributed by atoms with van der Waals surface area (Å²) in [5.74, 6) is -1.77. The molecule has 0 N–H and O–H groups in total. The number of hydrogen-bond donors (Lipinski definition) is 0. The van der Waals surface area contributed by atoms with Gasteiger partial charge in [0.15, 0.2) is 0 Å². The van der Waals surface area contributed by atoms with Crippen LogP contribution in [0, 0.1) is 11.7 Å². The molecule has 0 amide bonds. The van der Waals surface area contributed by atoms with E-state index in [4.69, 9.17) is 21.2 Å². The molecule has 36 heavy (non-hydrogen) atoms. The summed E-state index contributed by atoms with van der Waals surface area (Å²) in [5, 5.41) is 4.08. The van der Waals surface area contributed by atoms with E-state index in [9.17, 15) is 31.9 Å². The molecule has 0 saturated heterocycles. The van der Waals surface area contributed by atoms with Crippen LogP contribution in [0.25, 0.3) is 5.69 Å². The first-order valence-corrected chi connectivity index (χ1v) is 11.6. The van der Waals surface area contributed by atoms with E-state index in [0.29, 0.717) is 29.5 Å². The molecule has 2 aromatic rings. The quantitative estimate of drug-likeness (QED) is 0.415. The third-order valence-corrected chi connectivity index (χ3v) is 6.92. The van der Waals surface area contributed by atoms with E-state index in [-0.39, 0.29) is 46.1 Å². The van der Waals surface area contributed by atoms with Crippen LogP contribution in [0.15, 0.2) is 32.9 Å². The third kappa shape index (κ3) is 4.42. The highest BCUT2D eigenvalue weighted by Gasteiger charge is 2.52. The number of hydrogen-bond acceptors (Lipinski definition) is 6. The maximum atomic E-state index is 14.9. The first-order chi connectivity index (χ1) is 16.9. The van der Waals surface area contributed by atoms with Crippen molar-refractivity contribution < 1.29 is 31.9 Å². The number of fused-ring (bicyclic) bond motifs is 1. The Bertz CT molecular complexity index is 1370. The number of carbonyl (C=O) groups is 1. The van der Waals surface area contributed by atoms with E-state index in [2.05, 4.69) is 5.16 Å². The number of oxime groups is 1. The summed E-state index contributed by atoms with van der Waals surface area (Å²) >= 11 is 6.30. The highest BCUT2D eigenvalue weighted by molar-refractivity contribution is 6.34. The Morgan fingerprint density at radius 1 is 1.31 bits per heavy atom. The van der Waals surface area contributed by atoms with Gasteiger partial charge in [0.05, 0.1) is 23.0 Å². The number of carbonyl (C=O) groups excluding carboxylic acids is 1. The molecule has 1 saturated carbocycles. The van der Waals surface area contributed by atoms with Crippen molar-refractivity contribution in [1.29, 1.82) is 0 Å². The minimum absolute atomic E-state index is 0.0801. The van der Waals surface area contributed by atoms with Crippen molar-refractivity contribution >= 4 is 23.3 Å². The van der Waals surface area contributed by atoms with Crippen molar-refractivity contribution in [2.75, 3.05) is 6.61 Å². The molecule has 1 aliphatic heterocycles. The number of halogens is 5. The van der Waals surface area contributed by atoms with Crippen LogP contribution >= 0.6 is 11.6 Å². The second-order valence-electron chi connectivity index (χ2n) is 8.71. The molecule has 4 rings (SSSR count). The van der Waals surface area contributed by atoms with Gasteiger partial charge in [-0.25, -0.2) is 13.8 Å². The van der Waals surface area contributed by atoms with Gasteiger partial charge in [-0.3, -0.25) is 14.2 Å². The van der Waals surface area contributed by atoms with Gasteiger partial charge in [-0.1, -0.05) is 16.8 Å². The Labute approximate surface area is 207 Å². The van der Waals surface area contributed by atoms with Crippen LogP contribution in [0.5, 0.6) is 0 Å². The normalized spacial score (nSPS) is 21.2. The number of nitrogens with zero attached hydrogens (tertiary/aromatic N) is 3. The Kier molecular flexibility index (Phi) is 6.76. The van der Waals surface area contributed by atoms with E-state index in [1.165, 1.54) is 0 Å². The highest BCUT2D eigenvalue weighted by atomic mass is 35.5. The first kappa shape index (κ1) is 25.9. The fraction of sp³-hybridized carbons (Fsp3) is 0.478. The lowest BCUT2D eigenvalue weighted by Gasteiger charge is -2.27. The summed E-state index contributed by atoms with van der Waals surface area (Å²) in [5.41, 5.74) is -5.04. The van der Waals surface area contributed by atoms with Gasteiger partial charge >= 0.3 is 17.8 Å². The predicted octanol–water partition coefficient (Wildman–Crippen LogP) is 3.96. The Balaban J connectivity index is 1.75. The fourth-order valence-electron chi connectivity index (χ4n) is 4.89. The second kappa shape index (κ2) is 9.38. The van der Waals surface area contributed by atoms with E-state index in [1.807, 2.05) is 0 Å². The number of benzene rings is 1. The van der Waals surface area contributed by atoms with Crippen molar-refractivity contribution in [3.63, 3.8) is 0 Å². The molecule has 1 aromatic carbocycles. The second-order valence-corrected chi connectivity index (χ2v) is 9.12. The summed E-state index contributed by atoms with van der Waals surface area (Å²) in [6.45, 7) is 1.94. The Morgan fingerprint density at radius 3 is 2.69 bits per heavy atom. The SMILES string of the molecule is CCOC(=O)CCC12CCCC1C(c1cc(-n3c(=O)cc(C(F)(F)F)n(C)c3=O)c(F)cc1Cl)=NO2. The molecule has 194 valence electrons. The van der Waals surface area contributed by atoms with Crippen LogP contribution in [0.2, 0.25) is 5.02 Å². The molecule has 1 fully saturated rings. The molecular weight excluding hydrogens is 510 g/mol. The van der Waals surface area contributed by atoms with Gasteiger partial charge in [0, 0.05) is 37.4 Å². The van der Waals surface area contributed by atoms with Crippen LogP contribution in [0.4, 0.5) is 17.6 Å². The van der Waals surface area contributed by atoms with Gasteiger partial charge in [0.25, 0.3) is 5.56 Å². The van der Waals surface area contributed by atoms with Crippen LogP contribution in [-0.2, 0) is 27.6 Å². The first-order valence-electron chi connectivity index (χ1n) is 11.2. The van der Waals surface area contributed by atoms with Crippen LogP contribution in [-0.4, -0.2) is 33.0 Å². The lowest BCUT2D eigenvalue weighted by molar-refractivity contribution is -0.145. The molecule has 2 unspecified atom stereocenters. The average Bonchev–Trinajstić information content (AvgIpc) is 3.35. The highest BCUT2D eigenvalue weighted by Crippen LogP contribution is 2.48. The van der Waals surface area contributed by atoms with E-state index in [1.54, 1.807) is 6.92 Å². The van der Waals surface area contributed by atoms with E-state index in [0.717, 1.165) is 25.6 Å². The minimum atomic E-state index is -4.96. The van der Waals surface area contributed by atoms with Crippen LogP contribution < -0.4 is 11.2 Å². The molecule has 1 aliphatic carbocycles. The third-order valence-electron chi connectivity index (χ3n) is 6.61. The molecule has 13 heteroatoms. The molecule has 2 heterocycles. The van der Waals surface area contributed by atoms with Gasteiger partial charge in [0.1, 0.15) is 17.1 Å². The topological polar surface area (TPSA) is 91.9 Å². The smallest absolute Gasteiger partial charge is 0.431 e. The molecule has 0 spiro atoms. The summed E-state index contributed by atoms with van der Waals surface area (Å²) in [7, 11) is 0.834. The summed E-state index contributed by atoms with van der Waals surface area (Å²) < 4.78 is 60.0. The summed E-state index contributed by atoms with van der Waals surface area (Å²) in [6, 6.07) is 2.20. The van der Waals surface area contributed by atoms with Gasteiger partial charge < -0.3 is 9.57 Å². The standard InChI is InChI=1S/C23H22ClF4N3O5/c1-3-35-19(33)6-8-22-7-4-5-13(22)20(29-36-22)12-9-16(15(25)10-14(12)24)31-18(32)11-17(23(26,27)28)30(2)21(31)34/h9-11,13H,3-8H2,1-2H3. The van der Waals surface area contributed by atoms with E-state index >= 15 is 0 Å². The fourth-order valence-corrected chi connectivity index (χ4v) is 5.14. The van der Waals surface area contributed by atoms with Crippen molar-refractivity contribution in [3.05, 3.63) is 61.1 Å². The molecule has 2 aliphatic rings. The van der Waals surface area contributed by atoms with Crippen molar-refractivity contribution in [3.8, 4) is 5.69 Å². The maximum absolute atomic E-state index is 14.9. The van der Waals surface area contributed by atoms with Crippen LogP contribution in [0.3, 0.4) is 0 Å². The Hall–Kier alpha value is -3.15. The molecule has 2 atom stereocenters. The van der Waals surface area contributed by atoms with Gasteiger partial charge in [0.2, 0.25) is 0 Å². The minimum Gasteiger partial charge on any atom is -0.466 e. The number of aromatic nitrogens is 2. The lowest BCUT2D eigenvalue weighted by atomic mass is 9.81. The zero-order valence-electron chi connectivity index (χ0n) is 19.3. The van der Waals surface area contributed by atoms with Gasteiger partial charge in [-0.05, 0) is 38.3 Å². The average molecular weight is 532 g/mol. The Morgan fingerprint density at radius 2 is 2.03 bits per heavy atom. The number of esters is 1. The summed E-state index contributed by atoms with van der Waals surface area (Å²) in [4.78, 5) is 42.9. The lowest BCUT2D eigenvalue weighted by Crippen LogP contribution is -2.41. The van der Waals surface area contributed by atoms with Crippen molar-refractivity contribution in [1.82, 2.24) is 9.13 Å². The molecule has 0 bridgehead atoms. The number of ether oxygens (including phenoxy) is 1. The summed E-state index contributed by atoms with van der Waals surface area (Å²) in [6.07, 6.45) is -2.53. The zero-order valence-corrected chi connectivity index (χ0v) is 20.1. The number of rotatable bonds is 6.